The van der Waals surface area contributed by atoms with Gasteiger partial charge in [-0.1, -0.05) is 29.5 Å². The number of thioether (sulfide) groups is 1. The molecule has 0 spiro atoms. The van der Waals surface area contributed by atoms with E-state index in [9.17, 15) is 0 Å². The number of rotatable bonds is 7. The predicted molar refractivity (Wildman–Crippen MR) is 117 cm³/mol. The quantitative estimate of drug-likeness (QED) is 0.507. The predicted octanol–water partition coefficient (Wildman–Crippen LogP) is 4.27. The van der Waals surface area contributed by atoms with E-state index in [4.69, 9.17) is 4.98 Å². The lowest BCUT2D eigenvalue weighted by Crippen LogP contribution is -2.17. The van der Waals surface area contributed by atoms with Crippen LogP contribution in [0.15, 0.2) is 42.5 Å². The Bertz CT molecular complexity index is 1050. The van der Waals surface area contributed by atoms with Crippen molar-refractivity contribution in [3.63, 3.8) is 0 Å². The summed E-state index contributed by atoms with van der Waals surface area (Å²) in [5.41, 5.74) is 5.25. The third kappa shape index (κ3) is 3.40. The lowest BCUT2D eigenvalue weighted by Gasteiger charge is -2.20. The smallest absolute Gasteiger partial charge is 0.132 e. The van der Waals surface area contributed by atoms with Crippen molar-refractivity contribution in [3.05, 3.63) is 53.9 Å². The van der Waals surface area contributed by atoms with Crippen molar-refractivity contribution in [2.45, 2.75) is 25.4 Å². The topological polar surface area (TPSA) is 62.6 Å². The molecule has 1 N–H and O–H groups in total. The molecule has 2 heterocycles. The van der Waals surface area contributed by atoms with Crippen molar-refractivity contribution in [2.24, 2.45) is 0 Å². The molecule has 2 unspecified atom stereocenters. The molecule has 0 aliphatic carbocycles. The van der Waals surface area contributed by atoms with E-state index in [1.807, 2.05) is 34.6 Å². The zero-order chi connectivity index (χ0) is 19.7. The molecule has 2 atom stereocenters. The Morgan fingerprint density at radius 3 is 2.71 bits per heavy atom. The molecule has 7 heteroatoms. The minimum absolute atomic E-state index is 0.0229. The summed E-state index contributed by atoms with van der Waals surface area (Å²) < 4.78 is 2.04. The van der Waals surface area contributed by atoms with Crippen LogP contribution in [0.1, 0.15) is 36.8 Å². The van der Waals surface area contributed by atoms with Crippen LogP contribution >= 0.6 is 11.8 Å². The molecular weight excluding hydrogens is 368 g/mol. The zero-order valence-electron chi connectivity index (χ0n) is 16.8. The molecule has 0 saturated carbocycles. The van der Waals surface area contributed by atoms with Gasteiger partial charge in [0.05, 0.1) is 16.6 Å². The molecule has 0 bridgehead atoms. The molecule has 28 heavy (non-hydrogen) atoms. The van der Waals surface area contributed by atoms with Crippen molar-refractivity contribution < 1.29 is 0 Å². The number of hydrogen-bond donors (Lipinski definition) is 1. The van der Waals surface area contributed by atoms with E-state index < -0.39 is 0 Å². The molecule has 0 saturated heterocycles. The van der Waals surface area contributed by atoms with Gasteiger partial charge in [0, 0.05) is 6.04 Å². The molecule has 0 amide bonds. The van der Waals surface area contributed by atoms with Gasteiger partial charge in [0.15, 0.2) is 0 Å². The Morgan fingerprint density at radius 1 is 1.14 bits per heavy atom. The Balaban J connectivity index is 1.82. The Hall–Kier alpha value is -2.38. The fourth-order valence-electron chi connectivity index (χ4n) is 3.56. The van der Waals surface area contributed by atoms with Crippen LogP contribution in [-0.2, 0) is 0 Å². The van der Waals surface area contributed by atoms with E-state index in [1.165, 1.54) is 5.56 Å². The molecule has 4 aromatic rings. The number of para-hydroxylation sites is 2. The van der Waals surface area contributed by atoms with Gasteiger partial charge in [-0.05, 0) is 63.2 Å². The second-order valence-electron chi connectivity index (χ2n) is 7.33. The number of fused-ring (bicyclic) bond motifs is 2. The van der Waals surface area contributed by atoms with Gasteiger partial charge in [-0.25, -0.2) is 9.67 Å². The van der Waals surface area contributed by atoms with Crippen LogP contribution in [0, 0.1) is 0 Å². The lowest BCUT2D eigenvalue weighted by atomic mass is 10.1. The molecule has 146 valence electrons. The van der Waals surface area contributed by atoms with E-state index in [2.05, 4.69) is 71.7 Å². The number of H-pyrrole nitrogens is 1. The molecule has 0 radical (unpaired) electrons. The average molecular weight is 395 g/mol. The number of aromatic amines is 1. The van der Waals surface area contributed by atoms with Gasteiger partial charge in [0.2, 0.25) is 0 Å². The highest BCUT2D eigenvalue weighted by atomic mass is 32.2. The number of nitrogens with one attached hydrogen (secondary N) is 1. The molecule has 0 fully saturated rings. The third-order valence-electron chi connectivity index (χ3n) is 5.37. The first-order valence-corrected chi connectivity index (χ1v) is 10.9. The number of imidazole rings is 1. The SMILES string of the molecule is CSCCC(c1nc2ccccc2[nH]1)n1nnc2c(C(C)N(C)C)cccc21. The van der Waals surface area contributed by atoms with Crippen molar-refractivity contribution in [2.75, 3.05) is 26.1 Å². The van der Waals surface area contributed by atoms with Gasteiger partial charge in [-0.2, -0.15) is 11.8 Å². The molecular formula is C21H26N6S. The van der Waals surface area contributed by atoms with Gasteiger partial charge in [-0.3, -0.25) is 0 Å². The zero-order valence-corrected chi connectivity index (χ0v) is 17.6. The third-order valence-corrected chi connectivity index (χ3v) is 6.02. The maximum Gasteiger partial charge on any atom is 0.132 e. The van der Waals surface area contributed by atoms with Crippen LogP contribution in [0.5, 0.6) is 0 Å². The molecule has 0 aliphatic rings. The highest BCUT2D eigenvalue weighted by Crippen LogP contribution is 2.30. The van der Waals surface area contributed by atoms with Crippen LogP contribution in [0.2, 0.25) is 0 Å². The van der Waals surface area contributed by atoms with Crippen molar-refractivity contribution in [3.8, 4) is 0 Å². The van der Waals surface area contributed by atoms with E-state index in [0.29, 0.717) is 0 Å². The van der Waals surface area contributed by atoms with Gasteiger partial charge in [0.25, 0.3) is 0 Å². The Kier molecular flexibility index (Phi) is 5.37. The number of benzene rings is 2. The normalized spacial score (nSPS) is 14.2. The number of hydrogen-bond acceptors (Lipinski definition) is 5. The Morgan fingerprint density at radius 2 is 1.96 bits per heavy atom. The Labute approximate surface area is 169 Å². The highest BCUT2D eigenvalue weighted by Gasteiger charge is 2.23. The second-order valence-corrected chi connectivity index (χ2v) is 8.31. The van der Waals surface area contributed by atoms with Crippen LogP contribution in [-0.4, -0.2) is 56.0 Å². The molecule has 6 nitrogen and oxygen atoms in total. The van der Waals surface area contributed by atoms with Gasteiger partial charge in [0.1, 0.15) is 17.4 Å². The number of aromatic nitrogens is 5. The summed E-state index contributed by atoms with van der Waals surface area (Å²) in [6.45, 7) is 2.19. The average Bonchev–Trinajstić information content (AvgIpc) is 3.32. The molecule has 2 aromatic heterocycles. The summed E-state index contributed by atoms with van der Waals surface area (Å²) in [5, 5.41) is 9.14. The van der Waals surface area contributed by atoms with Crippen LogP contribution in [0.25, 0.3) is 22.1 Å². The minimum atomic E-state index is 0.0229. The van der Waals surface area contributed by atoms with E-state index in [0.717, 1.165) is 40.1 Å². The van der Waals surface area contributed by atoms with E-state index >= 15 is 0 Å². The first-order valence-electron chi connectivity index (χ1n) is 9.54. The summed E-state index contributed by atoms with van der Waals surface area (Å²) in [6.07, 6.45) is 3.07. The highest BCUT2D eigenvalue weighted by molar-refractivity contribution is 7.98. The van der Waals surface area contributed by atoms with Crippen LogP contribution < -0.4 is 0 Å². The first kappa shape index (κ1) is 19.0. The van der Waals surface area contributed by atoms with E-state index in [1.54, 1.807) is 0 Å². The summed E-state index contributed by atoms with van der Waals surface area (Å²) in [5.74, 6) is 1.96. The fourth-order valence-corrected chi connectivity index (χ4v) is 4.02. The van der Waals surface area contributed by atoms with Crippen molar-refractivity contribution in [1.29, 1.82) is 0 Å². The minimum Gasteiger partial charge on any atom is -0.340 e. The number of nitrogens with zero attached hydrogens (tertiary/aromatic N) is 5. The van der Waals surface area contributed by atoms with Crippen LogP contribution in [0.4, 0.5) is 0 Å². The monoisotopic (exact) mass is 394 g/mol. The van der Waals surface area contributed by atoms with Gasteiger partial charge in [-0.15, -0.1) is 5.10 Å². The lowest BCUT2D eigenvalue weighted by molar-refractivity contribution is 0.322. The standard InChI is InChI=1S/C21H26N6S/c1-14(26(2)3)15-8-7-11-18-20(15)24-25-27(18)19(12-13-28-4)21-22-16-9-5-6-10-17(16)23-21/h5-11,14,19H,12-13H2,1-4H3,(H,22,23). The van der Waals surface area contributed by atoms with Crippen molar-refractivity contribution >= 4 is 33.8 Å². The maximum absolute atomic E-state index is 4.85. The van der Waals surface area contributed by atoms with Gasteiger partial charge >= 0.3 is 0 Å². The van der Waals surface area contributed by atoms with Crippen LogP contribution in [0.3, 0.4) is 0 Å². The maximum atomic E-state index is 4.85. The second kappa shape index (κ2) is 7.93. The molecule has 0 aliphatic heterocycles. The molecule has 2 aromatic carbocycles. The first-order chi connectivity index (χ1) is 13.6. The largest absolute Gasteiger partial charge is 0.340 e. The van der Waals surface area contributed by atoms with E-state index in [-0.39, 0.29) is 12.1 Å². The summed E-state index contributed by atoms with van der Waals surface area (Å²) in [4.78, 5) is 10.5. The van der Waals surface area contributed by atoms with Gasteiger partial charge < -0.3 is 9.88 Å². The summed E-state index contributed by atoms with van der Waals surface area (Å²) in [7, 11) is 4.17. The fraction of sp³-hybridized carbons (Fsp3) is 0.381. The summed E-state index contributed by atoms with van der Waals surface area (Å²) in [6, 6.07) is 14.8. The summed E-state index contributed by atoms with van der Waals surface area (Å²) >= 11 is 1.84. The molecule has 4 rings (SSSR count). The van der Waals surface area contributed by atoms with Crippen molar-refractivity contribution in [1.82, 2.24) is 29.9 Å².